The highest BCUT2D eigenvalue weighted by Gasteiger charge is 2.28. The number of ether oxygens (including phenoxy) is 1. The number of carbonyl (C=O) groups excluding carboxylic acids is 1. The van der Waals surface area contributed by atoms with E-state index in [4.69, 9.17) is 4.74 Å². The van der Waals surface area contributed by atoms with Crippen LogP contribution >= 0.6 is 0 Å². The Morgan fingerprint density at radius 3 is 2.78 bits per heavy atom. The van der Waals surface area contributed by atoms with Crippen LogP contribution < -0.4 is 5.32 Å². The number of benzene rings is 1. The molecule has 2 rings (SSSR count). The van der Waals surface area contributed by atoms with E-state index in [1.165, 1.54) is 16.7 Å². The number of hydrogen-bond acceptors (Lipinski definition) is 3. The highest BCUT2D eigenvalue weighted by atomic mass is 16.6. The third-order valence-corrected chi connectivity index (χ3v) is 3.15. The molecule has 0 bridgehead atoms. The van der Waals surface area contributed by atoms with E-state index in [0.717, 1.165) is 13.0 Å². The van der Waals surface area contributed by atoms with Crippen LogP contribution in [0.5, 0.6) is 0 Å². The number of carbonyl (C=O) groups is 1. The Morgan fingerprint density at radius 2 is 2.11 bits per heavy atom. The van der Waals surface area contributed by atoms with Crippen LogP contribution in [0, 0.1) is 6.92 Å². The van der Waals surface area contributed by atoms with Gasteiger partial charge in [0.25, 0.3) is 0 Å². The summed E-state index contributed by atoms with van der Waals surface area (Å²) < 4.78 is 5.43. The van der Waals surface area contributed by atoms with E-state index in [2.05, 4.69) is 30.4 Å². The minimum Gasteiger partial charge on any atom is -0.459 e. The molecule has 1 N–H and O–H groups in total. The summed E-state index contributed by atoms with van der Waals surface area (Å²) in [6, 6.07) is 6.04. The first-order valence-electron chi connectivity index (χ1n) is 6.40. The largest absolute Gasteiger partial charge is 0.459 e. The monoisotopic (exact) mass is 247 g/mol. The Kier molecular flexibility index (Phi) is 3.44. The summed E-state index contributed by atoms with van der Waals surface area (Å²) in [6.45, 7) is 8.52. The highest BCUT2D eigenvalue weighted by molar-refractivity contribution is 5.77. The summed E-state index contributed by atoms with van der Waals surface area (Å²) in [4.78, 5) is 12.1. The molecule has 0 saturated carbocycles. The molecule has 1 aliphatic rings. The molecule has 3 heteroatoms. The van der Waals surface area contributed by atoms with Crippen molar-refractivity contribution in [2.75, 3.05) is 0 Å². The normalized spacial score (nSPS) is 19.2. The van der Waals surface area contributed by atoms with Crippen molar-refractivity contribution in [1.29, 1.82) is 0 Å². The minimum atomic E-state index is -0.426. The summed E-state index contributed by atoms with van der Waals surface area (Å²) in [6.07, 6.45) is 0.719. The summed E-state index contributed by atoms with van der Waals surface area (Å²) in [5, 5.41) is 3.25. The lowest BCUT2D eigenvalue weighted by Crippen LogP contribution is -2.45. The van der Waals surface area contributed by atoms with Crippen LogP contribution in [0.25, 0.3) is 0 Å². The van der Waals surface area contributed by atoms with E-state index in [-0.39, 0.29) is 12.0 Å². The van der Waals surface area contributed by atoms with Crippen LogP contribution in [-0.2, 0) is 22.5 Å². The van der Waals surface area contributed by atoms with Gasteiger partial charge in [0.1, 0.15) is 11.6 Å². The van der Waals surface area contributed by atoms with Crippen molar-refractivity contribution in [3.8, 4) is 0 Å². The van der Waals surface area contributed by atoms with Crippen molar-refractivity contribution in [1.82, 2.24) is 5.32 Å². The summed E-state index contributed by atoms with van der Waals surface area (Å²) in [7, 11) is 0. The Labute approximate surface area is 109 Å². The maximum Gasteiger partial charge on any atom is 0.324 e. The number of nitrogens with one attached hydrogen (secondary N) is 1. The fraction of sp³-hybridized carbons (Fsp3) is 0.533. The van der Waals surface area contributed by atoms with Gasteiger partial charge < -0.3 is 10.1 Å². The van der Waals surface area contributed by atoms with Gasteiger partial charge in [0.15, 0.2) is 0 Å². The summed E-state index contributed by atoms with van der Waals surface area (Å²) in [5.74, 6) is -0.156. The average molecular weight is 247 g/mol. The topological polar surface area (TPSA) is 38.3 Å². The molecule has 0 amide bonds. The molecule has 1 atom stereocenters. The molecule has 0 spiro atoms. The van der Waals surface area contributed by atoms with Gasteiger partial charge >= 0.3 is 5.97 Å². The van der Waals surface area contributed by atoms with Gasteiger partial charge in [-0.15, -0.1) is 0 Å². The molecule has 0 unspecified atom stereocenters. The Balaban J connectivity index is 2.12. The van der Waals surface area contributed by atoms with Crippen molar-refractivity contribution >= 4 is 5.97 Å². The van der Waals surface area contributed by atoms with Crippen molar-refractivity contribution in [3.05, 3.63) is 34.9 Å². The van der Waals surface area contributed by atoms with Crippen LogP contribution in [0.3, 0.4) is 0 Å². The average Bonchev–Trinajstić information content (AvgIpc) is 2.27. The van der Waals surface area contributed by atoms with Gasteiger partial charge in [0.05, 0.1) is 0 Å². The van der Waals surface area contributed by atoms with Crippen molar-refractivity contribution < 1.29 is 9.53 Å². The lowest BCUT2D eigenvalue weighted by molar-refractivity contribution is -0.157. The standard InChI is InChI=1S/C15H21NO2/c1-10-6-5-7-11-9-16-13(8-12(10)11)14(17)18-15(2,3)4/h5-7,13,16H,8-9H2,1-4H3/t13-/m1/s1. The Hall–Kier alpha value is -1.35. The number of aryl methyl sites for hydroxylation is 1. The van der Waals surface area contributed by atoms with Crippen LogP contribution in [0.4, 0.5) is 0 Å². The zero-order valence-electron chi connectivity index (χ0n) is 11.5. The van der Waals surface area contributed by atoms with E-state index in [0.29, 0.717) is 0 Å². The van der Waals surface area contributed by atoms with Crippen LogP contribution in [0.2, 0.25) is 0 Å². The molecule has 1 heterocycles. The van der Waals surface area contributed by atoms with Crippen molar-refractivity contribution in [2.24, 2.45) is 0 Å². The SMILES string of the molecule is Cc1cccc2c1C[C@H](C(=O)OC(C)(C)C)NC2. The van der Waals surface area contributed by atoms with E-state index < -0.39 is 5.60 Å². The molecule has 0 saturated heterocycles. The Bertz CT molecular complexity index is 460. The molecule has 1 aromatic rings. The zero-order chi connectivity index (χ0) is 13.3. The molecule has 0 aliphatic carbocycles. The van der Waals surface area contributed by atoms with E-state index in [9.17, 15) is 4.79 Å². The number of hydrogen-bond donors (Lipinski definition) is 1. The Morgan fingerprint density at radius 1 is 1.39 bits per heavy atom. The minimum absolute atomic E-state index is 0.156. The number of fused-ring (bicyclic) bond motifs is 1. The van der Waals surface area contributed by atoms with Gasteiger partial charge in [-0.3, -0.25) is 4.79 Å². The molecule has 0 radical (unpaired) electrons. The molecule has 0 fully saturated rings. The van der Waals surface area contributed by atoms with Crippen molar-refractivity contribution in [2.45, 2.75) is 52.3 Å². The molecule has 3 nitrogen and oxygen atoms in total. The fourth-order valence-corrected chi connectivity index (χ4v) is 2.27. The van der Waals surface area contributed by atoms with Gasteiger partial charge in [-0.05, 0) is 50.8 Å². The molecule has 98 valence electrons. The lowest BCUT2D eigenvalue weighted by Gasteiger charge is -2.29. The van der Waals surface area contributed by atoms with E-state index >= 15 is 0 Å². The van der Waals surface area contributed by atoms with Gasteiger partial charge in [-0.25, -0.2) is 0 Å². The molecular formula is C15H21NO2. The van der Waals surface area contributed by atoms with Gasteiger partial charge in [-0.2, -0.15) is 0 Å². The third-order valence-electron chi connectivity index (χ3n) is 3.15. The first kappa shape index (κ1) is 13.1. The van der Waals surface area contributed by atoms with Gasteiger partial charge in [0, 0.05) is 6.54 Å². The van der Waals surface area contributed by atoms with Crippen LogP contribution in [0.15, 0.2) is 18.2 Å². The number of esters is 1. The second-order valence-electron chi connectivity index (χ2n) is 5.88. The quantitative estimate of drug-likeness (QED) is 0.774. The van der Waals surface area contributed by atoms with Crippen LogP contribution in [-0.4, -0.2) is 17.6 Å². The zero-order valence-corrected chi connectivity index (χ0v) is 11.5. The maximum atomic E-state index is 12.1. The van der Waals surface area contributed by atoms with Gasteiger partial charge in [0.2, 0.25) is 0 Å². The third kappa shape index (κ3) is 2.91. The predicted molar refractivity (Wildman–Crippen MR) is 71.4 cm³/mol. The number of rotatable bonds is 1. The first-order chi connectivity index (χ1) is 8.37. The van der Waals surface area contributed by atoms with E-state index in [1.54, 1.807) is 0 Å². The molecule has 1 aromatic carbocycles. The van der Waals surface area contributed by atoms with Crippen molar-refractivity contribution in [3.63, 3.8) is 0 Å². The lowest BCUT2D eigenvalue weighted by atomic mass is 9.92. The van der Waals surface area contributed by atoms with Crippen LogP contribution in [0.1, 0.15) is 37.5 Å². The maximum absolute atomic E-state index is 12.1. The summed E-state index contributed by atoms with van der Waals surface area (Å²) in [5.41, 5.74) is 3.40. The second-order valence-corrected chi connectivity index (χ2v) is 5.88. The smallest absolute Gasteiger partial charge is 0.324 e. The van der Waals surface area contributed by atoms with E-state index in [1.807, 2.05) is 20.8 Å². The summed E-state index contributed by atoms with van der Waals surface area (Å²) >= 11 is 0. The molecule has 1 aliphatic heterocycles. The fourth-order valence-electron chi connectivity index (χ4n) is 2.27. The molecular weight excluding hydrogens is 226 g/mol. The predicted octanol–water partition coefficient (Wildman–Crippen LogP) is 2.35. The van der Waals surface area contributed by atoms with Gasteiger partial charge in [-0.1, -0.05) is 18.2 Å². The molecule has 0 aromatic heterocycles. The second kappa shape index (κ2) is 4.73. The first-order valence-corrected chi connectivity index (χ1v) is 6.40. The highest BCUT2D eigenvalue weighted by Crippen LogP contribution is 2.21. The molecule has 18 heavy (non-hydrogen) atoms.